The van der Waals surface area contributed by atoms with Gasteiger partial charge in [0.05, 0.1) is 20.0 Å². The molecular weight excluding hydrogens is 206 g/mol. The van der Waals surface area contributed by atoms with E-state index in [4.69, 9.17) is 15.2 Å². The summed E-state index contributed by atoms with van der Waals surface area (Å²) in [7, 11) is 1.60. The lowest BCUT2D eigenvalue weighted by molar-refractivity contribution is -0.155. The van der Waals surface area contributed by atoms with Crippen molar-refractivity contribution in [2.24, 2.45) is 11.7 Å². The molecule has 0 aliphatic heterocycles. The summed E-state index contributed by atoms with van der Waals surface area (Å²) in [6.45, 7) is 2.54. The molecule has 0 bridgehead atoms. The number of esters is 1. The Labute approximate surface area is 96.8 Å². The van der Waals surface area contributed by atoms with Crippen molar-refractivity contribution in [3.05, 3.63) is 12.3 Å². The number of carbonyl (C=O) groups excluding carboxylic acids is 1. The molecule has 1 rings (SSSR count). The highest BCUT2D eigenvalue weighted by molar-refractivity contribution is 5.82. The molecule has 1 saturated carbocycles. The van der Waals surface area contributed by atoms with Gasteiger partial charge in [0, 0.05) is 0 Å². The summed E-state index contributed by atoms with van der Waals surface area (Å²) in [6, 6.07) is 0. The molecule has 1 fully saturated rings. The largest absolute Gasteiger partial charge is 0.505 e. The normalized spacial score (nSPS) is 28.8. The molecule has 0 radical (unpaired) electrons. The third-order valence-corrected chi connectivity index (χ3v) is 2.88. The van der Waals surface area contributed by atoms with Crippen molar-refractivity contribution >= 4 is 5.97 Å². The lowest BCUT2D eigenvalue weighted by Gasteiger charge is -2.41. The van der Waals surface area contributed by atoms with Gasteiger partial charge < -0.3 is 15.2 Å². The first-order valence-corrected chi connectivity index (χ1v) is 5.78. The van der Waals surface area contributed by atoms with E-state index in [2.05, 4.69) is 6.92 Å². The quantitative estimate of drug-likeness (QED) is 0.425. The summed E-state index contributed by atoms with van der Waals surface area (Å²) in [5, 5.41) is 0. The molecule has 16 heavy (non-hydrogen) atoms. The minimum atomic E-state index is -0.767. The predicted molar refractivity (Wildman–Crippen MR) is 61.7 cm³/mol. The molecule has 1 aliphatic carbocycles. The summed E-state index contributed by atoms with van der Waals surface area (Å²) in [5.74, 6) is 0.0756. The second-order valence-corrected chi connectivity index (χ2v) is 4.38. The van der Waals surface area contributed by atoms with Crippen LogP contribution in [0.15, 0.2) is 12.3 Å². The first-order chi connectivity index (χ1) is 7.62. The Morgan fingerprint density at radius 1 is 1.56 bits per heavy atom. The maximum atomic E-state index is 11.6. The molecule has 0 unspecified atom stereocenters. The van der Waals surface area contributed by atoms with E-state index < -0.39 is 5.54 Å². The van der Waals surface area contributed by atoms with Gasteiger partial charge >= 0.3 is 5.97 Å². The number of hydrogen-bond acceptors (Lipinski definition) is 4. The van der Waals surface area contributed by atoms with Crippen LogP contribution in [0, 0.1) is 5.92 Å². The van der Waals surface area contributed by atoms with Gasteiger partial charge in [0.2, 0.25) is 0 Å². The van der Waals surface area contributed by atoms with Crippen molar-refractivity contribution in [3.8, 4) is 0 Å². The lowest BCUT2D eigenvalue weighted by Crippen LogP contribution is -2.58. The predicted octanol–water partition coefficient (Wildman–Crippen LogP) is 1.60. The van der Waals surface area contributed by atoms with Crippen LogP contribution >= 0.6 is 0 Å². The van der Waals surface area contributed by atoms with Crippen LogP contribution < -0.4 is 5.73 Å². The van der Waals surface area contributed by atoms with Gasteiger partial charge in [-0.05, 0) is 31.3 Å². The lowest BCUT2D eigenvalue weighted by atomic mass is 9.69. The number of allylic oxidation sites excluding steroid dienone is 1. The van der Waals surface area contributed by atoms with Crippen LogP contribution in [-0.4, -0.2) is 25.2 Å². The molecule has 0 heterocycles. The summed E-state index contributed by atoms with van der Waals surface area (Å²) in [4.78, 5) is 11.6. The van der Waals surface area contributed by atoms with E-state index >= 15 is 0 Å². The van der Waals surface area contributed by atoms with Crippen LogP contribution in [0.1, 0.15) is 32.6 Å². The summed E-state index contributed by atoms with van der Waals surface area (Å²) in [6.07, 6.45) is 6.78. The monoisotopic (exact) mass is 227 g/mol. The van der Waals surface area contributed by atoms with Gasteiger partial charge in [-0.15, -0.1) is 0 Å². The fourth-order valence-electron chi connectivity index (χ4n) is 1.82. The van der Waals surface area contributed by atoms with Gasteiger partial charge in [0.25, 0.3) is 0 Å². The molecule has 0 amide bonds. The molecule has 2 N–H and O–H groups in total. The minimum absolute atomic E-state index is 0.261. The van der Waals surface area contributed by atoms with Gasteiger partial charge in [-0.3, -0.25) is 4.79 Å². The van der Waals surface area contributed by atoms with Crippen LogP contribution in [0.3, 0.4) is 0 Å². The van der Waals surface area contributed by atoms with E-state index in [1.165, 1.54) is 0 Å². The zero-order valence-corrected chi connectivity index (χ0v) is 10.1. The van der Waals surface area contributed by atoms with Crippen LogP contribution in [-0.2, 0) is 14.3 Å². The highest BCUT2D eigenvalue weighted by Gasteiger charge is 2.47. The van der Waals surface area contributed by atoms with Crippen LogP contribution in [0.2, 0.25) is 0 Å². The molecule has 0 aromatic heterocycles. The molecule has 92 valence electrons. The van der Waals surface area contributed by atoms with Crippen LogP contribution in [0.25, 0.3) is 0 Å². The van der Waals surface area contributed by atoms with Crippen molar-refractivity contribution in [1.29, 1.82) is 0 Å². The van der Waals surface area contributed by atoms with Gasteiger partial charge in [-0.2, -0.15) is 0 Å². The maximum absolute atomic E-state index is 11.6. The van der Waals surface area contributed by atoms with E-state index in [0.717, 1.165) is 12.8 Å². The van der Waals surface area contributed by atoms with Crippen molar-refractivity contribution in [2.75, 3.05) is 13.7 Å². The molecule has 4 nitrogen and oxygen atoms in total. The molecule has 0 spiro atoms. The Hall–Kier alpha value is -1.03. The Bertz CT molecular complexity index is 257. The number of ether oxygens (including phenoxy) is 2. The van der Waals surface area contributed by atoms with Crippen LogP contribution in [0.5, 0.6) is 0 Å². The van der Waals surface area contributed by atoms with Gasteiger partial charge in [0.15, 0.2) is 0 Å². The number of nitrogens with two attached hydrogens (primary N) is 1. The summed E-state index contributed by atoms with van der Waals surface area (Å²) in [5.41, 5.74) is 5.17. The highest BCUT2D eigenvalue weighted by Crippen LogP contribution is 2.37. The Balaban J connectivity index is 2.27. The van der Waals surface area contributed by atoms with Crippen molar-refractivity contribution in [3.63, 3.8) is 0 Å². The Morgan fingerprint density at radius 3 is 2.81 bits per heavy atom. The van der Waals surface area contributed by atoms with E-state index in [1.807, 2.05) is 6.08 Å². The fraction of sp³-hybridized carbons (Fsp3) is 0.750. The molecule has 0 aromatic carbocycles. The third kappa shape index (κ3) is 3.23. The highest BCUT2D eigenvalue weighted by atomic mass is 16.5. The maximum Gasteiger partial charge on any atom is 0.326 e. The van der Waals surface area contributed by atoms with Crippen molar-refractivity contribution in [1.82, 2.24) is 0 Å². The van der Waals surface area contributed by atoms with Gasteiger partial charge in [0.1, 0.15) is 5.54 Å². The zero-order chi connectivity index (χ0) is 12.0. The number of unbranched alkanes of at least 4 members (excludes halogenated alkanes) is 1. The first-order valence-electron chi connectivity index (χ1n) is 5.78. The number of rotatable bonds is 6. The fourth-order valence-corrected chi connectivity index (χ4v) is 1.82. The van der Waals surface area contributed by atoms with E-state index in [-0.39, 0.29) is 5.97 Å². The number of hydrogen-bond donors (Lipinski definition) is 1. The third-order valence-electron chi connectivity index (χ3n) is 2.88. The minimum Gasteiger partial charge on any atom is -0.505 e. The standard InChI is InChI=1S/C12H21NO3/c1-3-4-6-16-11(14)12(13)8-10(9-12)5-7-15-2/h5,7,10H,3-4,6,8-9,13H2,1-2H3/b7-5+. The summed E-state index contributed by atoms with van der Waals surface area (Å²) >= 11 is 0. The molecule has 1 aliphatic rings. The molecule has 0 aromatic rings. The Kier molecular flexibility index (Phi) is 4.80. The summed E-state index contributed by atoms with van der Waals surface area (Å²) < 4.78 is 9.94. The average Bonchev–Trinajstić information content (AvgIpc) is 2.23. The molecule has 0 atom stereocenters. The molecule has 4 heteroatoms. The first kappa shape index (κ1) is 13.0. The number of carbonyl (C=O) groups is 1. The zero-order valence-electron chi connectivity index (χ0n) is 10.1. The van der Waals surface area contributed by atoms with Gasteiger partial charge in [-0.25, -0.2) is 0 Å². The van der Waals surface area contributed by atoms with E-state index in [1.54, 1.807) is 13.4 Å². The Morgan fingerprint density at radius 2 is 2.25 bits per heavy atom. The second kappa shape index (κ2) is 5.89. The molecule has 0 saturated heterocycles. The van der Waals surface area contributed by atoms with E-state index in [0.29, 0.717) is 25.4 Å². The van der Waals surface area contributed by atoms with Crippen molar-refractivity contribution in [2.45, 2.75) is 38.1 Å². The smallest absolute Gasteiger partial charge is 0.326 e. The second-order valence-electron chi connectivity index (χ2n) is 4.38. The average molecular weight is 227 g/mol. The topological polar surface area (TPSA) is 61.5 Å². The molecular formula is C12H21NO3. The number of methoxy groups -OCH3 is 1. The van der Waals surface area contributed by atoms with E-state index in [9.17, 15) is 4.79 Å². The van der Waals surface area contributed by atoms with Crippen molar-refractivity contribution < 1.29 is 14.3 Å². The van der Waals surface area contributed by atoms with Crippen LogP contribution in [0.4, 0.5) is 0 Å². The van der Waals surface area contributed by atoms with Gasteiger partial charge in [-0.1, -0.05) is 13.3 Å². The SMILES string of the molecule is CCCCOC(=O)C1(N)CC(/C=C/OC)C1.